The largest absolute Gasteiger partial charge is 0.345 e. The van der Waals surface area contributed by atoms with E-state index >= 15 is 0 Å². The van der Waals surface area contributed by atoms with Gasteiger partial charge in [0.05, 0.1) is 6.54 Å². The lowest BCUT2D eigenvalue weighted by atomic mass is 10.2. The van der Waals surface area contributed by atoms with Gasteiger partial charge in [-0.25, -0.2) is 0 Å². The van der Waals surface area contributed by atoms with Crippen LogP contribution >= 0.6 is 11.3 Å². The molecule has 1 rings (SSSR count). The molecule has 0 saturated heterocycles. The second-order valence-electron chi connectivity index (χ2n) is 3.57. The van der Waals surface area contributed by atoms with Crippen molar-refractivity contribution in [3.8, 4) is 0 Å². The van der Waals surface area contributed by atoms with E-state index in [1.165, 1.54) is 5.56 Å². The summed E-state index contributed by atoms with van der Waals surface area (Å²) in [5.74, 6) is 0.138. The highest BCUT2D eigenvalue weighted by Crippen LogP contribution is 2.14. The molecule has 0 saturated carbocycles. The van der Waals surface area contributed by atoms with Crippen LogP contribution in [0.5, 0.6) is 0 Å². The summed E-state index contributed by atoms with van der Waals surface area (Å²) >= 11 is 1.68. The molecule has 0 radical (unpaired) electrons. The van der Waals surface area contributed by atoms with Crippen LogP contribution in [0, 0.1) is 0 Å². The number of nitrogens with one attached hydrogen (secondary N) is 1. The zero-order chi connectivity index (χ0) is 11.3. The van der Waals surface area contributed by atoms with Crippen LogP contribution in [-0.4, -0.2) is 30.9 Å². The molecule has 84 valence electrons. The van der Waals surface area contributed by atoms with Crippen LogP contribution in [0.2, 0.25) is 0 Å². The molecule has 3 nitrogen and oxygen atoms in total. The maximum Gasteiger partial charge on any atom is 0.236 e. The van der Waals surface area contributed by atoms with E-state index in [9.17, 15) is 4.79 Å². The van der Waals surface area contributed by atoms with Crippen LogP contribution in [0.1, 0.15) is 25.5 Å². The van der Waals surface area contributed by atoms with Crippen LogP contribution in [0.4, 0.5) is 0 Å². The van der Waals surface area contributed by atoms with Gasteiger partial charge in [0.25, 0.3) is 0 Å². The number of carbonyl (C=O) groups is 1. The minimum absolute atomic E-state index is 0.138. The number of likely N-dealkylation sites (N-methyl/N-ethyl adjacent to an activating group) is 1. The predicted molar refractivity (Wildman–Crippen MR) is 64.0 cm³/mol. The Morgan fingerprint density at radius 1 is 1.67 bits per heavy atom. The van der Waals surface area contributed by atoms with Crippen molar-refractivity contribution >= 4 is 17.2 Å². The van der Waals surface area contributed by atoms with E-state index in [1.807, 2.05) is 19.4 Å². The second-order valence-corrected chi connectivity index (χ2v) is 4.35. The van der Waals surface area contributed by atoms with Crippen molar-refractivity contribution in [2.24, 2.45) is 0 Å². The van der Waals surface area contributed by atoms with E-state index in [0.717, 1.165) is 6.54 Å². The molecule has 0 aliphatic rings. The standard InChI is InChI=1S/C11H18N2OS/c1-4-13(3)11(14)7-12-9(2)10-5-6-15-8-10/h5-6,8-9,12H,4,7H2,1-3H3. The fourth-order valence-corrected chi connectivity index (χ4v) is 1.95. The molecule has 15 heavy (non-hydrogen) atoms. The quantitative estimate of drug-likeness (QED) is 0.831. The normalized spacial score (nSPS) is 12.5. The lowest BCUT2D eigenvalue weighted by molar-refractivity contribution is -0.128. The summed E-state index contributed by atoms with van der Waals surface area (Å²) in [7, 11) is 1.82. The smallest absolute Gasteiger partial charge is 0.236 e. The van der Waals surface area contributed by atoms with E-state index in [1.54, 1.807) is 16.2 Å². The van der Waals surface area contributed by atoms with Crippen molar-refractivity contribution in [2.45, 2.75) is 19.9 Å². The van der Waals surface area contributed by atoms with Gasteiger partial charge in [-0.05, 0) is 36.2 Å². The van der Waals surface area contributed by atoms with Gasteiger partial charge in [-0.2, -0.15) is 11.3 Å². The molecule has 4 heteroatoms. The molecule has 1 atom stereocenters. The molecule has 0 aliphatic carbocycles. The predicted octanol–water partition coefficient (Wildman–Crippen LogP) is 1.88. The third-order valence-electron chi connectivity index (χ3n) is 2.50. The van der Waals surface area contributed by atoms with Crippen LogP contribution in [0.3, 0.4) is 0 Å². The van der Waals surface area contributed by atoms with Gasteiger partial charge < -0.3 is 10.2 Å². The number of carbonyl (C=O) groups excluding carboxylic acids is 1. The monoisotopic (exact) mass is 226 g/mol. The minimum atomic E-state index is 0.138. The van der Waals surface area contributed by atoms with Crippen molar-refractivity contribution in [3.63, 3.8) is 0 Å². The summed E-state index contributed by atoms with van der Waals surface area (Å²) in [5, 5.41) is 7.37. The summed E-state index contributed by atoms with van der Waals surface area (Å²) in [4.78, 5) is 13.2. The van der Waals surface area contributed by atoms with Gasteiger partial charge in [0.2, 0.25) is 5.91 Å². The number of hydrogen-bond acceptors (Lipinski definition) is 3. The van der Waals surface area contributed by atoms with Crippen molar-refractivity contribution < 1.29 is 4.79 Å². The van der Waals surface area contributed by atoms with Gasteiger partial charge in [0, 0.05) is 19.6 Å². The molecule has 0 bridgehead atoms. The Kier molecular flexibility index (Phi) is 4.78. The maximum absolute atomic E-state index is 11.5. The van der Waals surface area contributed by atoms with Crippen LogP contribution < -0.4 is 5.32 Å². The third-order valence-corrected chi connectivity index (χ3v) is 3.20. The van der Waals surface area contributed by atoms with E-state index in [2.05, 4.69) is 23.7 Å². The van der Waals surface area contributed by atoms with Crippen molar-refractivity contribution in [1.82, 2.24) is 10.2 Å². The van der Waals surface area contributed by atoms with E-state index < -0.39 is 0 Å². The van der Waals surface area contributed by atoms with Crippen molar-refractivity contribution in [2.75, 3.05) is 20.1 Å². The zero-order valence-corrected chi connectivity index (χ0v) is 10.3. The molecule has 0 spiro atoms. The Labute approximate surface area is 95.1 Å². The highest BCUT2D eigenvalue weighted by Gasteiger charge is 2.09. The molecule has 0 aromatic carbocycles. The van der Waals surface area contributed by atoms with E-state index in [4.69, 9.17) is 0 Å². The van der Waals surface area contributed by atoms with Crippen molar-refractivity contribution in [3.05, 3.63) is 22.4 Å². The Morgan fingerprint density at radius 3 is 2.93 bits per heavy atom. The average Bonchev–Trinajstić information content (AvgIpc) is 2.77. The Bertz CT molecular complexity index is 298. The molecule has 1 aromatic rings. The molecule has 0 fully saturated rings. The highest BCUT2D eigenvalue weighted by atomic mass is 32.1. The topological polar surface area (TPSA) is 32.3 Å². The Hall–Kier alpha value is -0.870. The first-order valence-electron chi connectivity index (χ1n) is 5.14. The lowest BCUT2D eigenvalue weighted by Crippen LogP contribution is -2.36. The SMILES string of the molecule is CCN(C)C(=O)CNC(C)c1ccsc1. The first-order chi connectivity index (χ1) is 7.15. The fraction of sp³-hybridized carbons (Fsp3) is 0.545. The molecule has 1 aromatic heterocycles. The highest BCUT2D eigenvalue weighted by molar-refractivity contribution is 7.07. The second kappa shape index (κ2) is 5.88. The number of nitrogens with zero attached hydrogens (tertiary/aromatic N) is 1. The summed E-state index contributed by atoms with van der Waals surface area (Å²) in [6, 6.07) is 2.32. The first kappa shape index (κ1) is 12.2. The molecule has 1 amide bonds. The van der Waals surface area contributed by atoms with Gasteiger partial charge in [0.15, 0.2) is 0 Å². The first-order valence-corrected chi connectivity index (χ1v) is 6.08. The summed E-state index contributed by atoms with van der Waals surface area (Å²) in [6.07, 6.45) is 0. The number of amides is 1. The van der Waals surface area contributed by atoms with Gasteiger partial charge in [-0.1, -0.05) is 0 Å². The fourth-order valence-electron chi connectivity index (χ4n) is 1.19. The summed E-state index contributed by atoms with van der Waals surface area (Å²) in [6.45, 7) is 5.20. The minimum Gasteiger partial charge on any atom is -0.345 e. The molecular weight excluding hydrogens is 208 g/mol. The molecular formula is C11H18N2OS. The summed E-state index contributed by atoms with van der Waals surface area (Å²) in [5.41, 5.74) is 1.24. The van der Waals surface area contributed by atoms with E-state index in [0.29, 0.717) is 6.54 Å². The molecule has 1 heterocycles. The van der Waals surface area contributed by atoms with Gasteiger partial charge in [-0.15, -0.1) is 0 Å². The lowest BCUT2D eigenvalue weighted by Gasteiger charge is -2.17. The summed E-state index contributed by atoms with van der Waals surface area (Å²) < 4.78 is 0. The van der Waals surface area contributed by atoms with Crippen LogP contribution in [0.15, 0.2) is 16.8 Å². The van der Waals surface area contributed by atoms with Gasteiger partial charge >= 0.3 is 0 Å². The number of hydrogen-bond donors (Lipinski definition) is 1. The number of rotatable bonds is 5. The Morgan fingerprint density at radius 2 is 2.40 bits per heavy atom. The molecule has 1 N–H and O–H groups in total. The van der Waals surface area contributed by atoms with Gasteiger partial charge in [0.1, 0.15) is 0 Å². The van der Waals surface area contributed by atoms with E-state index in [-0.39, 0.29) is 11.9 Å². The van der Waals surface area contributed by atoms with Crippen molar-refractivity contribution in [1.29, 1.82) is 0 Å². The average molecular weight is 226 g/mol. The van der Waals surface area contributed by atoms with Crippen LogP contribution in [0.25, 0.3) is 0 Å². The van der Waals surface area contributed by atoms with Gasteiger partial charge in [-0.3, -0.25) is 4.79 Å². The maximum atomic E-state index is 11.5. The zero-order valence-electron chi connectivity index (χ0n) is 9.49. The molecule has 1 unspecified atom stereocenters. The van der Waals surface area contributed by atoms with Crippen LogP contribution in [-0.2, 0) is 4.79 Å². The molecule has 0 aliphatic heterocycles. The third kappa shape index (κ3) is 3.64. The number of thiophene rings is 1. The Balaban J connectivity index is 2.34.